The van der Waals surface area contributed by atoms with Crippen molar-refractivity contribution in [2.75, 3.05) is 18.1 Å². The van der Waals surface area contributed by atoms with Crippen LogP contribution in [0, 0.1) is 0 Å². The SMILES string of the molecule is O=C1C(=O)N(c2nnc(SCc3ccccc3)s2)C(c2ccncc2)/C1=C(\O)c1ccc2c(c1)OCCO2. The highest BCUT2D eigenvalue weighted by atomic mass is 32.2. The lowest BCUT2D eigenvalue weighted by Crippen LogP contribution is -2.29. The van der Waals surface area contributed by atoms with Gasteiger partial charge in [0, 0.05) is 23.7 Å². The minimum atomic E-state index is -0.911. The van der Waals surface area contributed by atoms with Crippen LogP contribution in [0.3, 0.4) is 0 Å². The number of fused-ring (bicyclic) bond motifs is 1. The lowest BCUT2D eigenvalue weighted by Gasteiger charge is -2.22. The van der Waals surface area contributed by atoms with Crippen molar-refractivity contribution in [3.8, 4) is 11.5 Å². The molecular formula is C27H20N4O5S2. The number of Topliss-reactive ketones (excluding diaryl/α,β-unsaturated/α-hetero) is 1. The predicted octanol–water partition coefficient (Wildman–Crippen LogP) is 4.62. The molecule has 1 saturated heterocycles. The molecule has 2 aliphatic rings. The summed E-state index contributed by atoms with van der Waals surface area (Å²) in [4.78, 5) is 32.1. The molecule has 1 fully saturated rings. The first-order valence-electron chi connectivity index (χ1n) is 11.7. The summed E-state index contributed by atoms with van der Waals surface area (Å²) in [5, 5.41) is 20.1. The van der Waals surface area contributed by atoms with E-state index in [1.807, 2.05) is 30.3 Å². The Hall–Kier alpha value is -4.22. The van der Waals surface area contributed by atoms with Crippen molar-refractivity contribution < 1.29 is 24.2 Å². The third-order valence-electron chi connectivity index (χ3n) is 6.09. The van der Waals surface area contributed by atoms with Crippen LogP contribution in [0.25, 0.3) is 5.76 Å². The number of ether oxygens (including phenoxy) is 2. The van der Waals surface area contributed by atoms with E-state index in [-0.39, 0.29) is 16.5 Å². The van der Waals surface area contributed by atoms with Gasteiger partial charge in [0.25, 0.3) is 5.78 Å². The normalized spacial score (nSPS) is 18.1. The molecule has 0 bridgehead atoms. The van der Waals surface area contributed by atoms with Gasteiger partial charge in [-0.15, -0.1) is 10.2 Å². The number of ketones is 1. The quantitative estimate of drug-likeness (QED) is 0.122. The molecule has 6 rings (SSSR count). The van der Waals surface area contributed by atoms with Crippen LogP contribution in [0.1, 0.15) is 22.7 Å². The molecule has 11 heteroatoms. The summed E-state index contributed by atoms with van der Waals surface area (Å²) >= 11 is 2.71. The summed E-state index contributed by atoms with van der Waals surface area (Å²) < 4.78 is 11.9. The van der Waals surface area contributed by atoms with Crippen LogP contribution in [0.5, 0.6) is 11.5 Å². The summed E-state index contributed by atoms with van der Waals surface area (Å²) in [6.07, 6.45) is 3.14. The second-order valence-electron chi connectivity index (χ2n) is 8.43. The minimum absolute atomic E-state index is 0.0495. The van der Waals surface area contributed by atoms with Crippen molar-refractivity contribution in [2.24, 2.45) is 0 Å². The maximum atomic E-state index is 13.4. The van der Waals surface area contributed by atoms with Crippen molar-refractivity contribution in [1.29, 1.82) is 0 Å². The highest BCUT2D eigenvalue weighted by Crippen LogP contribution is 2.44. The predicted molar refractivity (Wildman–Crippen MR) is 142 cm³/mol. The largest absolute Gasteiger partial charge is 0.507 e. The molecule has 2 aromatic heterocycles. The molecular weight excluding hydrogens is 524 g/mol. The van der Waals surface area contributed by atoms with Gasteiger partial charge in [0.15, 0.2) is 15.8 Å². The van der Waals surface area contributed by atoms with Crippen molar-refractivity contribution in [3.05, 3.63) is 95.3 Å². The number of nitrogens with zero attached hydrogens (tertiary/aromatic N) is 4. The van der Waals surface area contributed by atoms with E-state index in [4.69, 9.17) is 9.47 Å². The lowest BCUT2D eigenvalue weighted by molar-refractivity contribution is -0.132. The van der Waals surface area contributed by atoms with Gasteiger partial charge in [-0.1, -0.05) is 53.4 Å². The molecule has 1 amide bonds. The fourth-order valence-electron chi connectivity index (χ4n) is 4.31. The number of thioether (sulfide) groups is 1. The molecule has 4 heterocycles. The third-order valence-corrected chi connectivity index (χ3v) is 8.22. The molecule has 9 nitrogen and oxygen atoms in total. The van der Waals surface area contributed by atoms with E-state index in [0.717, 1.165) is 5.56 Å². The van der Waals surface area contributed by atoms with E-state index >= 15 is 0 Å². The number of anilines is 1. The zero-order chi connectivity index (χ0) is 26.1. The Morgan fingerprint density at radius 1 is 1.00 bits per heavy atom. The molecule has 4 aromatic rings. The Labute approximate surface area is 225 Å². The van der Waals surface area contributed by atoms with Crippen molar-refractivity contribution >= 4 is 45.7 Å². The lowest BCUT2D eigenvalue weighted by atomic mass is 9.96. The van der Waals surface area contributed by atoms with E-state index in [2.05, 4.69) is 15.2 Å². The van der Waals surface area contributed by atoms with Crippen LogP contribution in [0.4, 0.5) is 5.13 Å². The first-order valence-corrected chi connectivity index (χ1v) is 13.5. The fourth-order valence-corrected chi connectivity index (χ4v) is 6.14. The first-order chi connectivity index (χ1) is 18.6. The summed E-state index contributed by atoms with van der Waals surface area (Å²) in [5.74, 6) is -0.221. The Bertz CT molecular complexity index is 1540. The molecule has 0 spiro atoms. The van der Waals surface area contributed by atoms with Gasteiger partial charge in [-0.05, 0) is 41.5 Å². The van der Waals surface area contributed by atoms with E-state index in [1.54, 1.807) is 42.7 Å². The van der Waals surface area contributed by atoms with Gasteiger partial charge in [0.1, 0.15) is 19.0 Å². The number of pyridine rings is 1. The van der Waals surface area contributed by atoms with Crippen LogP contribution < -0.4 is 14.4 Å². The number of aliphatic hydroxyl groups is 1. The van der Waals surface area contributed by atoms with E-state index in [1.165, 1.54) is 28.0 Å². The van der Waals surface area contributed by atoms with Gasteiger partial charge in [-0.3, -0.25) is 19.5 Å². The van der Waals surface area contributed by atoms with Crippen LogP contribution in [-0.2, 0) is 15.3 Å². The van der Waals surface area contributed by atoms with Gasteiger partial charge < -0.3 is 14.6 Å². The van der Waals surface area contributed by atoms with Crippen LogP contribution in [0.2, 0.25) is 0 Å². The number of aromatic nitrogens is 3. The van der Waals surface area contributed by atoms with Crippen molar-refractivity contribution in [1.82, 2.24) is 15.2 Å². The average Bonchev–Trinajstić information content (AvgIpc) is 3.54. The monoisotopic (exact) mass is 544 g/mol. The van der Waals surface area contributed by atoms with Gasteiger partial charge in [0.2, 0.25) is 5.13 Å². The Morgan fingerprint density at radius 2 is 1.76 bits per heavy atom. The smallest absolute Gasteiger partial charge is 0.301 e. The average molecular weight is 545 g/mol. The Morgan fingerprint density at radius 3 is 2.55 bits per heavy atom. The fraction of sp³-hybridized carbons (Fsp3) is 0.148. The van der Waals surface area contributed by atoms with Crippen LogP contribution >= 0.6 is 23.1 Å². The second kappa shape index (κ2) is 10.3. The number of carbonyl (C=O) groups is 2. The first kappa shape index (κ1) is 24.1. The Balaban J connectivity index is 1.38. The minimum Gasteiger partial charge on any atom is -0.507 e. The zero-order valence-electron chi connectivity index (χ0n) is 19.8. The van der Waals surface area contributed by atoms with Crippen LogP contribution in [0.15, 0.2) is 83.0 Å². The van der Waals surface area contributed by atoms with E-state index in [0.29, 0.717) is 45.9 Å². The number of carbonyl (C=O) groups excluding carboxylic acids is 2. The van der Waals surface area contributed by atoms with Gasteiger partial charge in [-0.25, -0.2) is 0 Å². The zero-order valence-corrected chi connectivity index (χ0v) is 21.4. The third kappa shape index (κ3) is 4.50. The summed E-state index contributed by atoms with van der Waals surface area (Å²) in [5.41, 5.74) is 2.02. The number of aliphatic hydroxyl groups excluding tert-OH is 1. The molecule has 2 aliphatic heterocycles. The molecule has 1 unspecified atom stereocenters. The summed E-state index contributed by atoms with van der Waals surface area (Å²) in [6, 6.07) is 17.3. The number of hydrogen-bond acceptors (Lipinski definition) is 10. The molecule has 2 aromatic carbocycles. The van der Waals surface area contributed by atoms with Crippen molar-refractivity contribution in [3.63, 3.8) is 0 Å². The maximum absolute atomic E-state index is 13.4. The van der Waals surface area contributed by atoms with Gasteiger partial charge in [-0.2, -0.15) is 0 Å². The number of hydrogen-bond donors (Lipinski definition) is 1. The molecule has 0 saturated carbocycles. The highest BCUT2D eigenvalue weighted by molar-refractivity contribution is 8.00. The van der Waals surface area contributed by atoms with Gasteiger partial charge >= 0.3 is 5.91 Å². The molecule has 0 radical (unpaired) electrons. The summed E-state index contributed by atoms with van der Waals surface area (Å²) in [6.45, 7) is 0.805. The summed E-state index contributed by atoms with van der Waals surface area (Å²) in [7, 11) is 0. The van der Waals surface area contributed by atoms with E-state index < -0.39 is 17.7 Å². The Kier molecular flexibility index (Phi) is 6.52. The van der Waals surface area contributed by atoms with E-state index in [9.17, 15) is 14.7 Å². The second-order valence-corrected chi connectivity index (χ2v) is 10.6. The number of amides is 1. The molecule has 0 aliphatic carbocycles. The molecule has 38 heavy (non-hydrogen) atoms. The number of rotatable bonds is 6. The molecule has 1 N–H and O–H groups in total. The standard InChI is InChI=1S/C27H20N4O5S2/c32-23(18-6-7-19-20(14-18)36-13-12-35-19)21-22(17-8-10-28-11-9-17)31(25(34)24(21)33)26-29-30-27(38-26)37-15-16-4-2-1-3-5-16/h1-11,14,22,32H,12-13,15H2/b23-21+. The maximum Gasteiger partial charge on any atom is 0.301 e. The van der Waals surface area contributed by atoms with Gasteiger partial charge in [0.05, 0.1) is 11.6 Å². The molecule has 190 valence electrons. The van der Waals surface area contributed by atoms with Crippen LogP contribution in [-0.4, -0.2) is 45.2 Å². The highest BCUT2D eigenvalue weighted by Gasteiger charge is 2.48. The van der Waals surface area contributed by atoms with Crippen molar-refractivity contribution in [2.45, 2.75) is 16.1 Å². The number of benzene rings is 2. The molecule has 1 atom stereocenters. The topological polar surface area (TPSA) is 115 Å².